The van der Waals surface area contributed by atoms with E-state index in [4.69, 9.17) is 11.2 Å². The summed E-state index contributed by atoms with van der Waals surface area (Å²) in [5.41, 5.74) is 0.795. The molecule has 1 amide bonds. The van der Waals surface area contributed by atoms with Gasteiger partial charge in [-0.25, -0.2) is 4.79 Å². The predicted octanol–water partition coefficient (Wildman–Crippen LogP) is 2.50. The normalized spacial score (nSPS) is 11.6. The van der Waals surface area contributed by atoms with E-state index in [1.807, 2.05) is 44.2 Å². The lowest BCUT2D eigenvalue weighted by Crippen LogP contribution is -2.31. The molecule has 0 aliphatic carbocycles. The fraction of sp³-hybridized carbons (Fsp3) is 0.308. The summed E-state index contributed by atoms with van der Waals surface area (Å²) >= 11 is 0. The number of alkyl carbamates (subject to hydrolysis) is 1. The number of ether oxygens (including phenoxy) is 1. The van der Waals surface area contributed by atoms with Crippen molar-refractivity contribution in [3.63, 3.8) is 0 Å². The van der Waals surface area contributed by atoms with Gasteiger partial charge >= 0.3 is 6.09 Å². The van der Waals surface area contributed by atoms with Crippen LogP contribution in [0.4, 0.5) is 4.79 Å². The van der Waals surface area contributed by atoms with Crippen LogP contribution in [-0.2, 0) is 4.74 Å². The van der Waals surface area contributed by atoms with Crippen LogP contribution in [0.3, 0.4) is 0 Å². The van der Waals surface area contributed by atoms with Gasteiger partial charge in [0.15, 0.2) is 6.10 Å². The average molecular weight is 217 g/mol. The summed E-state index contributed by atoms with van der Waals surface area (Å²) in [6.07, 6.45) is 4.19. The molecule has 1 rings (SSSR count). The summed E-state index contributed by atoms with van der Waals surface area (Å²) in [7, 11) is 0. The van der Waals surface area contributed by atoms with Crippen molar-refractivity contribution in [3.8, 4) is 12.3 Å². The highest BCUT2D eigenvalue weighted by molar-refractivity contribution is 5.68. The zero-order valence-corrected chi connectivity index (χ0v) is 9.44. The molecule has 1 unspecified atom stereocenters. The van der Waals surface area contributed by atoms with Gasteiger partial charge in [0.25, 0.3) is 0 Å². The summed E-state index contributed by atoms with van der Waals surface area (Å²) in [5, 5.41) is 2.62. The minimum atomic E-state index is -0.639. The molecule has 16 heavy (non-hydrogen) atoms. The Kier molecular flexibility index (Phi) is 4.41. The first-order chi connectivity index (χ1) is 7.63. The number of benzene rings is 1. The van der Waals surface area contributed by atoms with Crippen molar-refractivity contribution in [1.29, 1.82) is 0 Å². The topological polar surface area (TPSA) is 38.3 Å². The number of hydrogen-bond donors (Lipinski definition) is 1. The SMILES string of the molecule is C#CC(OC(=O)NC(C)C)c1ccccc1. The van der Waals surface area contributed by atoms with Crippen molar-refractivity contribution in [3.05, 3.63) is 35.9 Å². The number of carbonyl (C=O) groups is 1. The van der Waals surface area contributed by atoms with Crippen LogP contribution in [0, 0.1) is 12.3 Å². The summed E-state index contributed by atoms with van der Waals surface area (Å²) in [6, 6.07) is 9.26. The maximum Gasteiger partial charge on any atom is 0.408 e. The number of terminal acetylenes is 1. The van der Waals surface area contributed by atoms with Gasteiger partial charge in [-0.2, -0.15) is 0 Å². The lowest BCUT2D eigenvalue weighted by molar-refractivity contribution is 0.121. The molecule has 3 heteroatoms. The first kappa shape index (κ1) is 12.1. The molecule has 0 aromatic heterocycles. The van der Waals surface area contributed by atoms with Crippen molar-refractivity contribution in [2.24, 2.45) is 0 Å². The average Bonchev–Trinajstić information content (AvgIpc) is 2.26. The van der Waals surface area contributed by atoms with E-state index in [1.54, 1.807) is 0 Å². The van der Waals surface area contributed by atoms with Crippen LogP contribution < -0.4 is 5.32 Å². The van der Waals surface area contributed by atoms with Crippen LogP contribution in [0.5, 0.6) is 0 Å². The van der Waals surface area contributed by atoms with Gasteiger partial charge in [-0.1, -0.05) is 36.3 Å². The van der Waals surface area contributed by atoms with E-state index in [2.05, 4.69) is 11.2 Å². The van der Waals surface area contributed by atoms with Crippen molar-refractivity contribution in [1.82, 2.24) is 5.32 Å². The second-order valence-electron chi connectivity index (χ2n) is 3.66. The smallest absolute Gasteiger partial charge is 0.408 e. The van der Waals surface area contributed by atoms with E-state index in [1.165, 1.54) is 0 Å². The Bertz CT molecular complexity index is 379. The fourth-order valence-electron chi connectivity index (χ4n) is 1.20. The predicted molar refractivity (Wildman–Crippen MR) is 62.8 cm³/mol. The molecule has 1 aromatic carbocycles. The Morgan fingerprint density at radius 1 is 1.38 bits per heavy atom. The van der Waals surface area contributed by atoms with Crippen molar-refractivity contribution in [2.45, 2.75) is 26.0 Å². The van der Waals surface area contributed by atoms with Gasteiger partial charge in [0, 0.05) is 11.6 Å². The molecule has 0 bridgehead atoms. The number of rotatable bonds is 3. The molecule has 0 saturated carbocycles. The molecule has 1 aromatic rings. The molecule has 0 radical (unpaired) electrons. The molecule has 0 saturated heterocycles. The fourth-order valence-corrected chi connectivity index (χ4v) is 1.20. The minimum absolute atomic E-state index is 0.0293. The van der Waals surface area contributed by atoms with Gasteiger partial charge in [0.05, 0.1) is 0 Å². The molecule has 3 nitrogen and oxygen atoms in total. The van der Waals surface area contributed by atoms with Crippen molar-refractivity contribution < 1.29 is 9.53 Å². The number of hydrogen-bond acceptors (Lipinski definition) is 2. The third-order valence-corrected chi connectivity index (χ3v) is 1.89. The zero-order valence-electron chi connectivity index (χ0n) is 9.44. The maximum absolute atomic E-state index is 11.4. The van der Waals surface area contributed by atoms with Gasteiger partial charge in [-0.05, 0) is 13.8 Å². The third kappa shape index (κ3) is 3.66. The van der Waals surface area contributed by atoms with Gasteiger partial charge in [0.1, 0.15) is 0 Å². The molecular formula is C13H15NO2. The van der Waals surface area contributed by atoms with Gasteiger partial charge in [-0.15, -0.1) is 6.42 Å². The summed E-state index contributed by atoms with van der Waals surface area (Å²) in [4.78, 5) is 11.4. The lowest BCUT2D eigenvalue weighted by Gasteiger charge is -2.14. The van der Waals surface area contributed by atoms with Crippen LogP contribution in [0.25, 0.3) is 0 Å². The highest BCUT2D eigenvalue weighted by atomic mass is 16.6. The van der Waals surface area contributed by atoms with Crippen LogP contribution in [0.2, 0.25) is 0 Å². The highest BCUT2D eigenvalue weighted by Gasteiger charge is 2.13. The standard InChI is InChI=1S/C13H15NO2/c1-4-12(11-8-6-5-7-9-11)16-13(15)14-10(2)3/h1,5-10,12H,2-3H3,(H,14,15). The second kappa shape index (κ2) is 5.82. The minimum Gasteiger partial charge on any atom is -0.428 e. The lowest BCUT2D eigenvalue weighted by atomic mass is 10.1. The third-order valence-electron chi connectivity index (χ3n) is 1.89. The van der Waals surface area contributed by atoms with Crippen molar-refractivity contribution in [2.75, 3.05) is 0 Å². The molecule has 84 valence electrons. The summed E-state index contributed by atoms with van der Waals surface area (Å²) in [5.74, 6) is 2.44. The Morgan fingerprint density at radius 3 is 2.50 bits per heavy atom. The van der Waals surface area contributed by atoms with Crippen LogP contribution in [0.15, 0.2) is 30.3 Å². The molecule has 1 atom stereocenters. The van der Waals surface area contributed by atoms with Crippen LogP contribution >= 0.6 is 0 Å². The number of nitrogens with one attached hydrogen (secondary N) is 1. The summed E-state index contributed by atoms with van der Waals surface area (Å²) in [6.45, 7) is 3.71. The van der Waals surface area contributed by atoms with E-state index in [0.29, 0.717) is 0 Å². The first-order valence-electron chi connectivity index (χ1n) is 5.11. The zero-order chi connectivity index (χ0) is 12.0. The molecule has 0 spiro atoms. The van der Waals surface area contributed by atoms with E-state index < -0.39 is 12.2 Å². The Balaban J connectivity index is 2.64. The van der Waals surface area contributed by atoms with E-state index >= 15 is 0 Å². The first-order valence-corrected chi connectivity index (χ1v) is 5.11. The molecule has 0 aliphatic heterocycles. The van der Waals surface area contributed by atoms with Gasteiger partial charge in [-0.3, -0.25) is 0 Å². The highest BCUT2D eigenvalue weighted by Crippen LogP contribution is 2.15. The van der Waals surface area contributed by atoms with E-state index in [0.717, 1.165) is 5.56 Å². The van der Waals surface area contributed by atoms with E-state index in [-0.39, 0.29) is 6.04 Å². The van der Waals surface area contributed by atoms with Crippen LogP contribution in [0.1, 0.15) is 25.5 Å². The number of amides is 1. The Hall–Kier alpha value is -1.95. The Morgan fingerprint density at radius 2 is 2.00 bits per heavy atom. The molecular weight excluding hydrogens is 202 g/mol. The van der Waals surface area contributed by atoms with E-state index in [9.17, 15) is 4.79 Å². The second-order valence-corrected chi connectivity index (χ2v) is 3.66. The molecule has 1 N–H and O–H groups in total. The molecule has 0 heterocycles. The van der Waals surface area contributed by atoms with Crippen LogP contribution in [-0.4, -0.2) is 12.1 Å². The Labute approximate surface area is 95.8 Å². The van der Waals surface area contributed by atoms with Crippen molar-refractivity contribution >= 4 is 6.09 Å². The molecule has 0 aliphatic rings. The summed E-state index contributed by atoms with van der Waals surface area (Å²) < 4.78 is 5.11. The van der Waals surface area contributed by atoms with Gasteiger partial charge in [0.2, 0.25) is 0 Å². The molecule has 0 fully saturated rings. The monoisotopic (exact) mass is 217 g/mol. The number of carbonyl (C=O) groups excluding carboxylic acids is 1. The largest absolute Gasteiger partial charge is 0.428 e. The quantitative estimate of drug-likeness (QED) is 0.790. The van der Waals surface area contributed by atoms with Gasteiger partial charge < -0.3 is 10.1 Å². The maximum atomic E-state index is 11.4.